The molecule has 4 rings (SSSR count). The molecule has 0 amide bonds. The number of allylic oxidation sites excluding steroid dienone is 2. The molecule has 0 bridgehead atoms. The number of hydrogen-bond acceptors (Lipinski definition) is 3. The van der Waals surface area contributed by atoms with Gasteiger partial charge in [0.15, 0.2) is 5.78 Å². The van der Waals surface area contributed by atoms with Crippen molar-refractivity contribution in [3.63, 3.8) is 0 Å². The Morgan fingerprint density at radius 3 is 2.74 bits per heavy atom. The van der Waals surface area contributed by atoms with E-state index in [4.69, 9.17) is 16.7 Å². The summed E-state index contributed by atoms with van der Waals surface area (Å²) in [5.41, 5.74) is 3.50. The highest BCUT2D eigenvalue weighted by Crippen LogP contribution is 2.55. The summed E-state index contributed by atoms with van der Waals surface area (Å²) in [5, 5.41) is 15.1. The number of ketones is 1. The first-order valence-corrected chi connectivity index (χ1v) is 9.58. The van der Waals surface area contributed by atoms with E-state index in [0.717, 1.165) is 29.8 Å². The Balaban J connectivity index is 1.96. The van der Waals surface area contributed by atoms with Crippen LogP contribution in [0.3, 0.4) is 0 Å². The topological polar surface area (TPSA) is 58.7 Å². The van der Waals surface area contributed by atoms with Crippen LogP contribution in [-0.4, -0.2) is 15.6 Å². The van der Waals surface area contributed by atoms with Crippen LogP contribution in [0.4, 0.5) is 0 Å². The molecule has 0 aliphatic heterocycles. The van der Waals surface area contributed by atoms with Crippen LogP contribution in [0.1, 0.15) is 38.4 Å². The molecule has 2 atom stereocenters. The summed E-state index contributed by atoms with van der Waals surface area (Å²) in [5.74, 6) is 0.0612. The third-order valence-corrected chi connectivity index (χ3v) is 6.66. The molecular formula is C22H22ClN3O. The Kier molecular flexibility index (Phi) is 3.87. The normalized spacial score (nSPS) is 26.0. The number of halogens is 1. The highest BCUT2D eigenvalue weighted by atomic mass is 35.5. The molecule has 1 aromatic carbocycles. The number of carbonyl (C=O) groups is 1. The van der Waals surface area contributed by atoms with E-state index in [2.05, 4.69) is 13.0 Å². The molecule has 0 saturated heterocycles. The lowest BCUT2D eigenvalue weighted by Gasteiger charge is -2.49. The van der Waals surface area contributed by atoms with Gasteiger partial charge < -0.3 is 0 Å². The highest BCUT2D eigenvalue weighted by molar-refractivity contribution is 6.30. The van der Waals surface area contributed by atoms with Crippen molar-refractivity contribution in [3.05, 3.63) is 52.2 Å². The molecule has 4 nitrogen and oxygen atoms in total. The third kappa shape index (κ3) is 2.41. The average molecular weight is 380 g/mol. The second-order valence-electron chi connectivity index (χ2n) is 8.40. The zero-order chi connectivity index (χ0) is 19.6. The van der Waals surface area contributed by atoms with Gasteiger partial charge in [0.1, 0.15) is 6.07 Å². The predicted octanol–water partition coefficient (Wildman–Crippen LogP) is 4.62. The number of fused-ring (bicyclic) bond motifs is 3. The van der Waals surface area contributed by atoms with Gasteiger partial charge >= 0.3 is 0 Å². The molecule has 27 heavy (non-hydrogen) atoms. The van der Waals surface area contributed by atoms with Gasteiger partial charge in [0, 0.05) is 34.0 Å². The van der Waals surface area contributed by atoms with Gasteiger partial charge in [-0.15, -0.1) is 0 Å². The zero-order valence-corrected chi connectivity index (χ0v) is 16.8. The molecule has 0 fully saturated rings. The molecule has 0 radical (unpaired) electrons. The molecule has 138 valence electrons. The molecule has 0 N–H and O–H groups in total. The van der Waals surface area contributed by atoms with Crippen molar-refractivity contribution >= 4 is 17.4 Å². The first-order valence-electron chi connectivity index (χ1n) is 9.20. The molecule has 5 heteroatoms. The van der Waals surface area contributed by atoms with Gasteiger partial charge in [-0.3, -0.25) is 9.48 Å². The van der Waals surface area contributed by atoms with E-state index in [1.54, 1.807) is 0 Å². The van der Waals surface area contributed by atoms with Gasteiger partial charge in [-0.1, -0.05) is 50.6 Å². The van der Waals surface area contributed by atoms with Crippen LogP contribution in [0, 0.1) is 22.7 Å². The average Bonchev–Trinajstić information content (AvgIpc) is 2.96. The Labute approximate surface area is 164 Å². The molecule has 0 spiro atoms. The minimum absolute atomic E-state index is 0.0538. The van der Waals surface area contributed by atoms with Crippen molar-refractivity contribution in [2.24, 2.45) is 18.4 Å². The molecular weight excluding hydrogens is 358 g/mol. The van der Waals surface area contributed by atoms with E-state index >= 15 is 0 Å². The number of nitriles is 1. The number of aromatic nitrogens is 2. The molecule has 2 aliphatic carbocycles. The molecule has 2 aromatic rings. The quantitative estimate of drug-likeness (QED) is 0.726. The van der Waals surface area contributed by atoms with Gasteiger partial charge in [0.2, 0.25) is 0 Å². The van der Waals surface area contributed by atoms with E-state index < -0.39 is 10.8 Å². The number of rotatable bonds is 1. The Morgan fingerprint density at radius 2 is 2.07 bits per heavy atom. The number of carbonyl (C=O) groups excluding carboxylic acids is 1. The summed E-state index contributed by atoms with van der Waals surface area (Å²) in [6, 6.07) is 9.93. The summed E-state index contributed by atoms with van der Waals surface area (Å²) < 4.78 is 1.91. The third-order valence-electron chi connectivity index (χ3n) is 6.43. The molecule has 2 aliphatic rings. The fraction of sp³-hybridized carbons (Fsp3) is 0.409. The van der Waals surface area contributed by atoms with Crippen LogP contribution in [0.25, 0.3) is 11.3 Å². The van der Waals surface area contributed by atoms with Crippen LogP contribution < -0.4 is 0 Å². The number of benzene rings is 1. The van der Waals surface area contributed by atoms with E-state index in [9.17, 15) is 10.1 Å². The summed E-state index contributed by atoms with van der Waals surface area (Å²) in [4.78, 5) is 12.8. The summed E-state index contributed by atoms with van der Waals surface area (Å²) in [6.45, 7) is 6.05. The number of hydrogen-bond donors (Lipinski definition) is 0. The molecule has 2 unspecified atom stereocenters. The molecule has 0 saturated carbocycles. The van der Waals surface area contributed by atoms with Crippen molar-refractivity contribution in [2.45, 2.75) is 39.0 Å². The number of nitrogens with zero attached hydrogens (tertiary/aromatic N) is 3. The second kappa shape index (κ2) is 5.81. The standard InChI is InChI=1S/C22H22ClN3O/c1-21(2)17-9-8-16-18(13-6-5-7-15(23)10-13)26(4)25-19(16)22(17,3)11-14(12-24)20(21)27/h5-7,10-11,17H,8-9H2,1-4H3. The zero-order valence-electron chi connectivity index (χ0n) is 16.0. The van der Waals surface area contributed by atoms with Gasteiger partial charge in [0.25, 0.3) is 0 Å². The van der Waals surface area contributed by atoms with Gasteiger partial charge in [-0.05, 0) is 30.9 Å². The van der Waals surface area contributed by atoms with Gasteiger partial charge in [-0.25, -0.2) is 0 Å². The fourth-order valence-electron chi connectivity index (χ4n) is 5.22. The van der Waals surface area contributed by atoms with Crippen LogP contribution in [0.5, 0.6) is 0 Å². The second-order valence-corrected chi connectivity index (χ2v) is 8.84. The van der Waals surface area contributed by atoms with E-state index in [-0.39, 0.29) is 17.3 Å². The van der Waals surface area contributed by atoms with Gasteiger partial charge in [0.05, 0.1) is 17.0 Å². The fourth-order valence-corrected chi connectivity index (χ4v) is 5.41. The maximum Gasteiger partial charge on any atom is 0.178 e. The minimum atomic E-state index is -0.583. The monoisotopic (exact) mass is 379 g/mol. The van der Waals surface area contributed by atoms with Gasteiger partial charge in [-0.2, -0.15) is 10.4 Å². The highest BCUT2D eigenvalue weighted by Gasteiger charge is 2.55. The smallest absolute Gasteiger partial charge is 0.178 e. The van der Waals surface area contributed by atoms with Crippen LogP contribution in [-0.2, 0) is 23.7 Å². The van der Waals surface area contributed by atoms with Crippen LogP contribution in [0.15, 0.2) is 35.9 Å². The van der Waals surface area contributed by atoms with E-state index in [0.29, 0.717) is 5.02 Å². The largest absolute Gasteiger partial charge is 0.293 e. The number of Topliss-reactive ketones (excluding diaryl/α,β-unsaturated/α-hetero) is 1. The van der Waals surface area contributed by atoms with Crippen molar-refractivity contribution in [2.75, 3.05) is 0 Å². The van der Waals surface area contributed by atoms with Crippen molar-refractivity contribution in [1.29, 1.82) is 5.26 Å². The molecule has 1 heterocycles. The Hall–Kier alpha value is -2.38. The maximum atomic E-state index is 12.8. The lowest BCUT2D eigenvalue weighted by molar-refractivity contribution is -0.128. The minimum Gasteiger partial charge on any atom is -0.293 e. The Bertz CT molecular complexity index is 1040. The van der Waals surface area contributed by atoms with Crippen LogP contribution in [0.2, 0.25) is 5.02 Å². The van der Waals surface area contributed by atoms with E-state index in [1.165, 1.54) is 5.56 Å². The first kappa shape index (κ1) is 18.0. The maximum absolute atomic E-state index is 12.8. The lowest BCUT2D eigenvalue weighted by atomic mass is 9.52. The van der Waals surface area contributed by atoms with Crippen molar-refractivity contribution in [1.82, 2.24) is 9.78 Å². The lowest BCUT2D eigenvalue weighted by Crippen LogP contribution is -2.51. The summed E-state index contributed by atoms with van der Waals surface area (Å²) in [7, 11) is 1.95. The predicted molar refractivity (Wildman–Crippen MR) is 105 cm³/mol. The summed E-state index contributed by atoms with van der Waals surface area (Å²) in [6.07, 6.45) is 3.60. The van der Waals surface area contributed by atoms with E-state index in [1.807, 2.05) is 55.9 Å². The van der Waals surface area contributed by atoms with Crippen molar-refractivity contribution < 1.29 is 4.79 Å². The first-order chi connectivity index (χ1) is 12.7. The molecule has 1 aromatic heterocycles. The van der Waals surface area contributed by atoms with Crippen LogP contribution >= 0.6 is 11.6 Å². The number of aryl methyl sites for hydroxylation is 1. The summed E-state index contributed by atoms with van der Waals surface area (Å²) >= 11 is 6.21. The van der Waals surface area contributed by atoms with Crippen molar-refractivity contribution in [3.8, 4) is 17.3 Å². The Morgan fingerprint density at radius 1 is 1.33 bits per heavy atom. The SMILES string of the molecule is Cn1nc2c(c1-c1cccc(Cl)c1)CCC1C(C)(C)C(=O)C(C#N)=CC21C.